The highest BCUT2D eigenvalue weighted by Crippen LogP contribution is 2.27. The van der Waals surface area contributed by atoms with Gasteiger partial charge in [0.25, 0.3) is 0 Å². The van der Waals surface area contributed by atoms with Gasteiger partial charge in [-0.15, -0.1) is 0 Å². The summed E-state index contributed by atoms with van der Waals surface area (Å²) in [7, 11) is 3.24. The fourth-order valence-electron chi connectivity index (χ4n) is 3.13. The molecule has 0 fully saturated rings. The molecule has 0 heterocycles. The highest BCUT2D eigenvalue weighted by atomic mass is 16.5. The third-order valence-corrected chi connectivity index (χ3v) is 4.70. The molecule has 2 heteroatoms. The molecule has 0 bridgehead atoms. The first-order valence-electron chi connectivity index (χ1n) is 9.60. The molecular formula is C28H20O2. The van der Waals surface area contributed by atoms with E-state index in [-0.39, 0.29) is 0 Å². The zero-order valence-corrected chi connectivity index (χ0v) is 16.9. The lowest BCUT2D eigenvalue weighted by atomic mass is 10.0. The monoisotopic (exact) mass is 388 g/mol. The van der Waals surface area contributed by atoms with Gasteiger partial charge in [0.2, 0.25) is 0 Å². The largest absolute Gasteiger partial charge is 0.493 e. The Morgan fingerprint density at radius 1 is 0.467 bits per heavy atom. The lowest BCUT2D eigenvalue weighted by molar-refractivity contribution is 0.355. The van der Waals surface area contributed by atoms with Crippen LogP contribution in [0.3, 0.4) is 0 Å². The first kappa shape index (κ1) is 19.2. The van der Waals surface area contributed by atoms with Crippen LogP contribution in [-0.4, -0.2) is 14.2 Å². The van der Waals surface area contributed by atoms with Gasteiger partial charge in [0.05, 0.1) is 14.2 Å². The second-order valence-corrected chi connectivity index (χ2v) is 6.71. The van der Waals surface area contributed by atoms with Gasteiger partial charge in [-0.1, -0.05) is 54.0 Å². The summed E-state index contributed by atoms with van der Waals surface area (Å²) in [5, 5.41) is 2.28. The van der Waals surface area contributed by atoms with Crippen LogP contribution < -0.4 is 9.47 Å². The maximum absolute atomic E-state index is 5.34. The van der Waals surface area contributed by atoms with Crippen molar-refractivity contribution in [1.29, 1.82) is 0 Å². The van der Waals surface area contributed by atoms with E-state index < -0.39 is 0 Å². The van der Waals surface area contributed by atoms with Crippen molar-refractivity contribution in [3.8, 4) is 35.2 Å². The minimum absolute atomic E-state index is 0.673. The zero-order chi connectivity index (χ0) is 20.8. The molecule has 0 radical (unpaired) electrons. The van der Waals surface area contributed by atoms with Crippen molar-refractivity contribution < 1.29 is 9.47 Å². The fourth-order valence-corrected chi connectivity index (χ4v) is 3.13. The summed E-state index contributed by atoms with van der Waals surface area (Å²) >= 11 is 0. The number of rotatable bonds is 2. The van der Waals surface area contributed by atoms with E-state index in [2.05, 4.69) is 47.9 Å². The highest BCUT2D eigenvalue weighted by molar-refractivity contribution is 5.85. The summed E-state index contributed by atoms with van der Waals surface area (Å²) in [6, 6.07) is 28.1. The maximum atomic E-state index is 5.34. The second-order valence-electron chi connectivity index (χ2n) is 6.71. The first-order chi connectivity index (χ1) is 14.7. The van der Waals surface area contributed by atoms with E-state index in [0.29, 0.717) is 11.5 Å². The van der Waals surface area contributed by atoms with Crippen LogP contribution in [0.5, 0.6) is 11.5 Å². The van der Waals surface area contributed by atoms with Crippen molar-refractivity contribution >= 4 is 10.8 Å². The number of benzene rings is 4. The Morgan fingerprint density at radius 2 is 0.967 bits per heavy atom. The molecule has 0 aliphatic heterocycles. The number of hydrogen-bond donors (Lipinski definition) is 0. The molecule has 30 heavy (non-hydrogen) atoms. The lowest BCUT2D eigenvalue weighted by Gasteiger charge is -2.06. The quantitative estimate of drug-likeness (QED) is 0.413. The van der Waals surface area contributed by atoms with Crippen LogP contribution in [0.25, 0.3) is 10.8 Å². The van der Waals surface area contributed by atoms with Crippen LogP contribution >= 0.6 is 0 Å². The van der Waals surface area contributed by atoms with E-state index in [1.165, 1.54) is 0 Å². The topological polar surface area (TPSA) is 18.5 Å². The summed E-state index contributed by atoms with van der Waals surface area (Å²) in [4.78, 5) is 0. The van der Waals surface area contributed by atoms with Gasteiger partial charge in [-0.05, 0) is 65.4 Å². The highest BCUT2D eigenvalue weighted by Gasteiger charge is 2.03. The summed E-state index contributed by atoms with van der Waals surface area (Å²) in [6.07, 6.45) is 0. The van der Waals surface area contributed by atoms with Crippen molar-refractivity contribution in [2.24, 2.45) is 0 Å². The summed E-state index contributed by atoms with van der Waals surface area (Å²) in [5.41, 5.74) is 3.84. The van der Waals surface area contributed by atoms with Gasteiger partial charge in [-0.2, -0.15) is 0 Å². The third-order valence-electron chi connectivity index (χ3n) is 4.70. The average molecular weight is 388 g/mol. The van der Waals surface area contributed by atoms with E-state index >= 15 is 0 Å². The summed E-state index contributed by atoms with van der Waals surface area (Å²) in [6.45, 7) is 0. The van der Waals surface area contributed by atoms with E-state index in [1.807, 2.05) is 60.7 Å². The normalized spacial score (nSPS) is 9.80. The maximum Gasteiger partial charge on any atom is 0.161 e. The van der Waals surface area contributed by atoms with Crippen LogP contribution in [0.4, 0.5) is 0 Å². The van der Waals surface area contributed by atoms with Gasteiger partial charge in [0.1, 0.15) is 0 Å². The Labute approximate surface area is 177 Å². The van der Waals surface area contributed by atoms with Crippen LogP contribution in [0.1, 0.15) is 22.3 Å². The third kappa shape index (κ3) is 4.46. The molecule has 0 amide bonds. The molecule has 0 atom stereocenters. The number of ether oxygens (including phenoxy) is 2. The summed E-state index contributed by atoms with van der Waals surface area (Å²) < 4.78 is 10.6. The van der Waals surface area contributed by atoms with Gasteiger partial charge >= 0.3 is 0 Å². The Bertz CT molecular complexity index is 1310. The molecule has 0 aromatic heterocycles. The second kappa shape index (κ2) is 8.91. The van der Waals surface area contributed by atoms with E-state index in [9.17, 15) is 0 Å². The minimum atomic E-state index is 0.673. The minimum Gasteiger partial charge on any atom is -0.493 e. The molecule has 0 saturated heterocycles. The number of hydrogen-bond acceptors (Lipinski definition) is 2. The van der Waals surface area contributed by atoms with Crippen molar-refractivity contribution in [3.63, 3.8) is 0 Å². The first-order valence-corrected chi connectivity index (χ1v) is 9.60. The predicted octanol–water partition coefficient (Wildman–Crippen LogP) is 5.66. The van der Waals surface area contributed by atoms with E-state index in [1.54, 1.807) is 14.2 Å². The molecule has 144 valence electrons. The van der Waals surface area contributed by atoms with Gasteiger partial charge in [0, 0.05) is 22.3 Å². The van der Waals surface area contributed by atoms with Gasteiger partial charge in [0.15, 0.2) is 11.5 Å². The van der Waals surface area contributed by atoms with Crippen LogP contribution in [-0.2, 0) is 0 Å². The van der Waals surface area contributed by atoms with Crippen LogP contribution in [0.15, 0.2) is 84.9 Å². The fraction of sp³-hybridized carbons (Fsp3) is 0.0714. The Morgan fingerprint density at radius 3 is 1.53 bits per heavy atom. The average Bonchev–Trinajstić information content (AvgIpc) is 2.81. The van der Waals surface area contributed by atoms with Gasteiger partial charge in [-0.25, -0.2) is 0 Å². The van der Waals surface area contributed by atoms with Gasteiger partial charge in [-0.3, -0.25) is 0 Å². The molecule has 4 aromatic carbocycles. The number of methoxy groups -OCH3 is 2. The molecule has 4 rings (SSSR count). The molecule has 2 nitrogen and oxygen atoms in total. The smallest absolute Gasteiger partial charge is 0.161 e. The zero-order valence-electron chi connectivity index (χ0n) is 16.9. The SMILES string of the molecule is COc1ccc(C#Cc2ccc3cc(C#Cc4ccccc4)ccc3c2)cc1OC. The molecule has 0 saturated carbocycles. The van der Waals surface area contributed by atoms with Crippen molar-refractivity contribution in [1.82, 2.24) is 0 Å². The van der Waals surface area contributed by atoms with Crippen molar-refractivity contribution in [2.45, 2.75) is 0 Å². The van der Waals surface area contributed by atoms with Gasteiger partial charge < -0.3 is 9.47 Å². The Hall–Kier alpha value is -4.14. The molecule has 4 aromatic rings. The lowest BCUT2D eigenvalue weighted by Crippen LogP contribution is -1.90. The van der Waals surface area contributed by atoms with Crippen LogP contribution in [0, 0.1) is 23.7 Å². The molecule has 0 aliphatic rings. The molecular weight excluding hydrogens is 368 g/mol. The van der Waals surface area contributed by atoms with Crippen LogP contribution in [0.2, 0.25) is 0 Å². The number of fused-ring (bicyclic) bond motifs is 1. The Kier molecular flexibility index (Phi) is 5.70. The Balaban J connectivity index is 1.58. The standard InChI is InChI=1S/C28H20O2/c1-29-27-17-14-24(20-28(27)30-2)11-10-23-13-16-25-18-22(12-15-26(25)19-23)9-8-21-6-4-3-5-7-21/h3-7,12-20H,1-2H3. The van der Waals surface area contributed by atoms with Crippen molar-refractivity contribution in [3.05, 3.63) is 107 Å². The predicted molar refractivity (Wildman–Crippen MR) is 122 cm³/mol. The molecule has 0 aliphatic carbocycles. The molecule has 0 N–H and O–H groups in total. The van der Waals surface area contributed by atoms with E-state index in [4.69, 9.17) is 9.47 Å². The van der Waals surface area contributed by atoms with Crippen molar-refractivity contribution in [2.75, 3.05) is 14.2 Å². The molecule has 0 unspecified atom stereocenters. The van der Waals surface area contributed by atoms with E-state index in [0.717, 1.165) is 33.0 Å². The summed E-state index contributed by atoms with van der Waals surface area (Å²) in [5.74, 6) is 14.2. The molecule has 0 spiro atoms.